The molecule has 0 heterocycles. The molecule has 3 atom stereocenters. The summed E-state index contributed by atoms with van der Waals surface area (Å²) in [5, 5.41) is 0. The summed E-state index contributed by atoms with van der Waals surface area (Å²) in [6.07, 6.45) is 27.4. The Kier molecular flexibility index (Phi) is 10.3. The molecule has 0 spiro atoms. The molecular formula is C31H58. The Balaban J connectivity index is 1.43. The predicted octanol–water partition coefficient (Wildman–Crippen LogP) is 10.4. The summed E-state index contributed by atoms with van der Waals surface area (Å²) in [5.41, 5.74) is 0.534. The Labute approximate surface area is 197 Å². The van der Waals surface area contributed by atoms with Gasteiger partial charge in [0.1, 0.15) is 0 Å². The molecule has 0 aromatic rings. The minimum Gasteiger partial charge on any atom is -0.0651 e. The van der Waals surface area contributed by atoms with E-state index in [1.165, 1.54) is 77.0 Å². The van der Waals surface area contributed by atoms with Crippen LogP contribution in [0.2, 0.25) is 0 Å². The first-order chi connectivity index (χ1) is 14.9. The second kappa shape index (κ2) is 12.5. The van der Waals surface area contributed by atoms with E-state index in [1.54, 1.807) is 38.5 Å². The quantitative estimate of drug-likeness (QED) is 0.302. The first kappa shape index (κ1) is 25.6. The van der Waals surface area contributed by atoms with Crippen molar-refractivity contribution < 1.29 is 0 Å². The highest BCUT2D eigenvalue weighted by atomic mass is 14.5. The second-order valence-electron chi connectivity index (χ2n) is 13.3. The van der Waals surface area contributed by atoms with E-state index in [4.69, 9.17) is 0 Å². The number of rotatable bonds is 10. The van der Waals surface area contributed by atoms with Gasteiger partial charge in [0.05, 0.1) is 0 Å². The lowest BCUT2D eigenvalue weighted by atomic mass is 9.69. The molecule has 0 aromatic carbocycles. The number of hydrogen-bond donors (Lipinski definition) is 0. The fraction of sp³-hybridized carbons (Fsp3) is 1.00. The van der Waals surface area contributed by atoms with Crippen LogP contribution in [0.5, 0.6) is 0 Å². The van der Waals surface area contributed by atoms with E-state index >= 15 is 0 Å². The smallest absolute Gasteiger partial charge is 0.0352 e. The molecule has 0 aromatic heterocycles. The zero-order valence-electron chi connectivity index (χ0n) is 22.3. The van der Waals surface area contributed by atoms with Crippen LogP contribution in [0.15, 0.2) is 0 Å². The maximum atomic E-state index is 2.46. The summed E-state index contributed by atoms with van der Waals surface area (Å²) in [7, 11) is 0. The van der Waals surface area contributed by atoms with Crippen LogP contribution < -0.4 is 0 Å². The van der Waals surface area contributed by atoms with Gasteiger partial charge in [0.25, 0.3) is 0 Å². The summed E-state index contributed by atoms with van der Waals surface area (Å²) in [6, 6.07) is 0. The third-order valence-electron chi connectivity index (χ3n) is 10.6. The zero-order chi connectivity index (χ0) is 22.3. The standard InChI is InChI=1S/C31H58/c1-6-24(7-2)23-30-27(19-22-29(30)26-14-9-8-10-15-26)16-12-11-13-25-17-20-28(21-18-25)31(3,4)5/h24-30H,6-23H2,1-5H3. The third kappa shape index (κ3) is 7.50. The van der Waals surface area contributed by atoms with Gasteiger partial charge in [0.15, 0.2) is 0 Å². The van der Waals surface area contributed by atoms with E-state index in [-0.39, 0.29) is 0 Å². The molecule has 3 unspecified atom stereocenters. The molecule has 31 heavy (non-hydrogen) atoms. The van der Waals surface area contributed by atoms with Gasteiger partial charge in [-0.15, -0.1) is 0 Å². The second-order valence-corrected chi connectivity index (χ2v) is 13.3. The molecular weight excluding hydrogens is 372 g/mol. The Morgan fingerprint density at radius 3 is 1.97 bits per heavy atom. The van der Waals surface area contributed by atoms with E-state index < -0.39 is 0 Å². The molecule has 0 N–H and O–H groups in total. The molecule has 0 nitrogen and oxygen atoms in total. The molecule has 3 rings (SSSR count). The van der Waals surface area contributed by atoms with Gasteiger partial charge in [-0.25, -0.2) is 0 Å². The largest absolute Gasteiger partial charge is 0.0651 e. The fourth-order valence-corrected chi connectivity index (χ4v) is 8.22. The van der Waals surface area contributed by atoms with Gasteiger partial charge in [-0.2, -0.15) is 0 Å². The van der Waals surface area contributed by atoms with Crippen LogP contribution in [0.4, 0.5) is 0 Å². The normalized spacial score (nSPS) is 33.3. The van der Waals surface area contributed by atoms with Crippen LogP contribution in [-0.2, 0) is 0 Å². The Hall–Kier alpha value is 0. The van der Waals surface area contributed by atoms with Crippen LogP contribution in [0.3, 0.4) is 0 Å². The molecule has 3 saturated carbocycles. The molecule has 0 radical (unpaired) electrons. The van der Waals surface area contributed by atoms with Crippen LogP contribution in [0.1, 0.15) is 150 Å². The molecule has 0 amide bonds. The molecule has 0 heteroatoms. The first-order valence-corrected chi connectivity index (χ1v) is 14.9. The average Bonchev–Trinajstić information content (AvgIpc) is 3.17. The average molecular weight is 431 g/mol. The molecule has 182 valence electrons. The summed E-state index contributed by atoms with van der Waals surface area (Å²) in [4.78, 5) is 0. The van der Waals surface area contributed by atoms with Crippen molar-refractivity contribution in [2.75, 3.05) is 0 Å². The molecule has 3 fully saturated rings. The van der Waals surface area contributed by atoms with Crippen molar-refractivity contribution in [2.24, 2.45) is 46.8 Å². The summed E-state index contributed by atoms with van der Waals surface area (Å²) in [6.45, 7) is 12.3. The van der Waals surface area contributed by atoms with Gasteiger partial charge in [0.2, 0.25) is 0 Å². The highest BCUT2D eigenvalue weighted by molar-refractivity contribution is 4.90. The van der Waals surface area contributed by atoms with Gasteiger partial charge in [0, 0.05) is 0 Å². The van der Waals surface area contributed by atoms with Crippen molar-refractivity contribution in [3.63, 3.8) is 0 Å². The first-order valence-electron chi connectivity index (χ1n) is 14.9. The highest BCUT2D eigenvalue weighted by Crippen LogP contribution is 2.50. The maximum Gasteiger partial charge on any atom is -0.0352 e. The molecule has 3 aliphatic carbocycles. The summed E-state index contributed by atoms with van der Waals surface area (Å²) < 4.78 is 0. The van der Waals surface area contributed by atoms with Gasteiger partial charge in [-0.3, -0.25) is 0 Å². The van der Waals surface area contributed by atoms with Crippen LogP contribution in [-0.4, -0.2) is 0 Å². The Bertz CT molecular complexity index is 467. The van der Waals surface area contributed by atoms with Gasteiger partial charge < -0.3 is 0 Å². The molecule has 0 bridgehead atoms. The predicted molar refractivity (Wildman–Crippen MR) is 138 cm³/mol. The van der Waals surface area contributed by atoms with Crippen LogP contribution in [0, 0.1) is 46.8 Å². The van der Waals surface area contributed by atoms with Crippen molar-refractivity contribution in [2.45, 2.75) is 150 Å². The van der Waals surface area contributed by atoms with E-state index in [0.29, 0.717) is 5.41 Å². The lowest BCUT2D eigenvalue weighted by Gasteiger charge is -2.37. The van der Waals surface area contributed by atoms with E-state index in [9.17, 15) is 0 Å². The van der Waals surface area contributed by atoms with Gasteiger partial charge in [-0.05, 0) is 78.9 Å². The van der Waals surface area contributed by atoms with Crippen molar-refractivity contribution in [3.05, 3.63) is 0 Å². The SMILES string of the molecule is CCC(CC)CC1C(CCCCC2CCC(C(C)(C)C)CC2)CCC1C1CCCCC1. The topological polar surface area (TPSA) is 0 Å². The van der Waals surface area contributed by atoms with E-state index in [0.717, 1.165) is 41.4 Å². The van der Waals surface area contributed by atoms with Crippen molar-refractivity contribution in [1.82, 2.24) is 0 Å². The number of hydrogen-bond acceptors (Lipinski definition) is 0. The fourth-order valence-electron chi connectivity index (χ4n) is 8.22. The lowest BCUT2D eigenvalue weighted by Crippen LogP contribution is -2.26. The monoisotopic (exact) mass is 430 g/mol. The van der Waals surface area contributed by atoms with Crippen molar-refractivity contribution in [3.8, 4) is 0 Å². The highest BCUT2D eigenvalue weighted by Gasteiger charge is 2.40. The Morgan fingerprint density at radius 1 is 0.710 bits per heavy atom. The van der Waals surface area contributed by atoms with E-state index in [2.05, 4.69) is 34.6 Å². The third-order valence-corrected chi connectivity index (χ3v) is 10.6. The minimum absolute atomic E-state index is 0.534. The van der Waals surface area contributed by atoms with Crippen molar-refractivity contribution in [1.29, 1.82) is 0 Å². The van der Waals surface area contributed by atoms with Gasteiger partial charge >= 0.3 is 0 Å². The molecule has 0 saturated heterocycles. The Morgan fingerprint density at radius 2 is 1.35 bits per heavy atom. The number of unbranched alkanes of at least 4 members (excludes halogenated alkanes) is 1. The van der Waals surface area contributed by atoms with E-state index in [1.807, 2.05) is 0 Å². The van der Waals surface area contributed by atoms with Gasteiger partial charge in [-0.1, -0.05) is 118 Å². The minimum atomic E-state index is 0.534. The molecule has 0 aliphatic heterocycles. The van der Waals surface area contributed by atoms with Crippen LogP contribution in [0.25, 0.3) is 0 Å². The summed E-state index contributed by atoms with van der Waals surface area (Å²) >= 11 is 0. The summed E-state index contributed by atoms with van der Waals surface area (Å²) in [5.74, 6) is 7.37. The zero-order valence-corrected chi connectivity index (χ0v) is 22.3. The molecule has 3 aliphatic rings. The maximum absolute atomic E-state index is 2.46. The van der Waals surface area contributed by atoms with Crippen molar-refractivity contribution >= 4 is 0 Å². The van der Waals surface area contributed by atoms with Crippen LogP contribution >= 0.6 is 0 Å². The lowest BCUT2D eigenvalue weighted by molar-refractivity contribution is 0.141.